The van der Waals surface area contributed by atoms with Gasteiger partial charge in [0.05, 0.1) is 11.3 Å². The SMILES string of the molecule is Clc1ccc(C(Sc2nnnn2C2CC2)c2ccccc2)cc1. The minimum absolute atomic E-state index is 0.136. The van der Waals surface area contributed by atoms with E-state index in [0.29, 0.717) is 6.04 Å². The van der Waals surface area contributed by atoms with Gasteiger partial charge in [0.25, 0.3) is 0 Å². The van der Waals surface area contributed by atoms with Crippen LogP contribution in [-0.4, -0.2) is 20.2 Å². The smallest absolute Gasteiger partial charge is 0.210 e. The third-order valence-electron chi connectivity index (χ3n) is 3.85. The Bertz CT molecular complexity index is 784. The van der Waals surface area contributed by atoms with Gasteiger partial charge in [0.15, 0.2) is 0 Å². The molecular weight excluding hydrogens is 328 g/mol. The number of hydrogen-bond donors (Lipinski definition) is 0. The number of tetrazole rings is 1. The highest BCUT2D eigenvalue weighted by Gasteiger charge is 2.29. The van der Waals surface area contributed by atoms with E-state index in [1.54, 1.807) is 11.8 Å². The molecule has 6 heteroatoms. The highest BCUT2D eigenvalue weighted by Crippen LogP contribution is 2.43. The predicted molar refractivity (Wildman–Crippen MR) is 91.7 cm³/mol. The Hall–Kier alpha value is -1.85. The highest BCUT2D eigenvalue weighted by molar-refractivity contribution is 7.99. The van der Waals surface area contributed by atoms with Gasteiger partial charge in [-0.25, -0.2) is 4.68 Å². The molecule has 4 rings (SSSR count). The zero-order valence-electron chi connectivity index (χ0n) is 12.3. The van der Waals surface area contributed by atoms with Crippen molar-refractivity contribution >= 4 is 23.4 Å². The van der Waals surface area contributed by atoms with Crippen molar-refractivity contribution in [2.45, 2.75) is 29.3 Å². The summed E-state index contributed by atoms with van der Waals surface area (Å²) in [5.74, 6) is 0. The largest absolute Gasteiger partial charge is 0.217 e. The Balaban J connectivity index is 1.70. The molecule has 1 unspecified atom stereocenters. The lowest BCUT2D eigenvalue weighted by Crippen LogP contribution is -2.02. The van der Waals surface area contributed by atoms with E-state index >= 15 is 0 Å². The van der Waals surface area contributed by atoms with Gasteiger partial charge in [-0.3, -0.25) is 0 Å². The summed E-state index contributed by atoms with van der Waals surface area (Å²) in [7, 11) is 0. The highest BCUT2D eigenvalue weighted by atomic mass is 35.5. The molecule has 1 aromatic heterocycles. The van der Waals surface area contributed by atoms with Crippen LogP contribution in [0, 0.1) is 0 Å². The van der Waals surface area contributed by atoms with Crippen molar-refractivity contribution in [1.82, 2.24) is 20.2 Å². The Labute approximate surface area is 143 Å². The van der Waals surface area contributed by atoms with E-state index in [1.165, 1.54) is 11.1 Å². The first-order valence-corrected chi connectivity index (χ1v) is 8.82. The van der Waals surface area contributed by atoms with E-state index in [1.807, 2.05) is 22.9 Å². The number of hydrogen-bond acceptors (Lipinski definition) is 4. The maximum Gasteiger partial charge on any atom is 0.210 e. The van der Waals surface area contributed by atoms with Crippen LogP contribution in [0.2, 0.25) is 5.02 Å². The van der Waals surface area contributed by atoms with Crippen molar-refractivity contribution in [3.63, 3.8) is 0 Å². The van der Waals surface area contributed by atoms with Gasteiger partial charge in [-0.2, -0.15) is 0 Å². The first-order valence-electron chi connectivity index (χ1n) is 7.56. The average Bonchev–Trinajstić information content (AvgIpc) is 3.33. The fourth-order valence-electron chi connectivity index (χ4n) is 2.51. The summed E-state index contributed by atoms with van der Waals surface area (Å²) in [6.45, 7) is 0. The third-order valence-corrected chi connectivity index (χ3v) is 5.37. The summed E-state index contributed by atoms with van der Waals surface area (Å²) in [6, 6.07) is 18.9. The number of rotatable bonds is 5. The fraction of sp³-hybridized carbons (Fsp3) is 0.235. The standard InChI is InChI=1S/C17H15ClN4S/c18-14-8-6-13(7-9-14)16(12-4-2-1-3-5-12)23-17-19-20-21-22(17)15-10-11-15/h1-9,15-16H,10-11H2. The Kier molecular flexibility index (Phi) is 4.06. The molecular formula is C17H15ClN4S. The van der Waals surface area contributed by atoms with E-state index in [-0.39, 0.29) is 5.25 Å². The number of benzene rings is 2. The molecule has 0 radical (unpaired) electrons. The van der Waals surface area contributed by atoms with Crippen LogP contribution in [0.1, 0.15) is 35.3 Å². The minimum atomic E-state index is 0.136. The summed E-state index contributed by atoms with van der Waals surface area (Å²) in [6.07, 6.45) is 2.32. The van der Waals surface area contributed by atoms with Crippen molar-refractivity contribution in [2.24, 2.45) is 0 Å². The topological polar surface area (TPSA) is 43.6 Å². The monoisotopic (exact) mass is 342 g/mol. The Morgan fingerprint density at radius 1 is 1.00 bits per heavy atom. The molecule has 2 aromatic carbocycles. The van der Waals surface area contributed by atoms with Crippen molar-refractivity contribution in [1.29, 1.82) is 0 Å². The molecule has 0 amide bonds. The Morgan fingerprint density at radius 3 is 2.39 bits per heavy atom. The van der Waals surface area contributed by atoms with E-state index in [9.17, 15) is 0 Å². The average molecular weight is 343 g/mol. The van der Waals surface area contributed by atoms with Crippen LogP contribution in [0.15, 0.2) is 59.8 Å². The van der Waals surface area contributed by atoms with Crippen molar-refractivity contribution < 1.29 is 0 Å². The van der Waals surface area contributed by atoms with Crippen molar-refractivity contribution in [3.8, 4) is 0 Å². The summed E-state index contributed by atoms with van der Waals surface area (Å²) >= 11 is 7.72. The molecule has 4 nitrogen and oxygen atoms in total. The van der Waals surface area contributed by atoms with E-state index in [2.05, 4.69) is 51.9 Å². The molecule has 1 atom stereocenters. The van der Waals surface area contributed by atoms with Gasteiger partial charge in [0.1, 0.15) is 0 Å². The van der Waals surface area contributed by atoms with E-state index in [4.69, 9.17) is 11.6 Å². The fourth-order valence-corrected chi connectivity index (χ4v) is 3.81. The lowest BCUT2D eigenvalue weighted by atomic mass is 10.0. The molecule has 1 heterocycles. The molecule has 1 fully saturated rings. The molecule has 1 aliphatic rings. The van der Waals surface area contributed by atoms with Gasteiger partial charge in [-0.15, -0.1) is 5.10 Å². The quantitative estimate of drug-likeness (QED) is 0.638. The normalized spacial score (nSPS) is 15.5. The molecule has 0 bridgehead atoms. The van der Waals surface area contributed by atoms with Gasteiger partial charge in [0.2, 0.25) is 5.16 Å². The van der Waals surface area contributed by atoms with Gasteiger partial charge in [-0.1, -0.05) is 65.8 Å². The Morgan fingerprint density at radius 2 is 1.70 bits per heavy atom. The number of thioether (sulfide) groups is 1. The number of nitrogens with zero attached hydrogens (tertiary/aromatic N) is 4. The molecule has 0 N–H and O–H groups in total. The van der Waals surface area contributed by atoms with E-state index in [0.717, 1.165) is 23.0 Å². The van der Waals surface area contributed by atoms with Crippen LogP contribution < -0.4 is 0 Å². The summed E-state index contributed by atoms with van der Waals surface area (Å²) in [5, 5.41) is 14.0. The van der Waals surface area contributed by atoms with Crippen LogP contribution in [0.25, 0.3) is 0 Å². The van der Waals surface area contributed by atoms with Crippen molar-refractivity contribution in [3.05, 3.63) is 70.7 Å². The lowest BCUT2D eigenvalue weighted by molar-refractivity contribution is 0.565. The molecule has 3 aromatic rings. The maximum absolute atomic E-state index is 6.04. The van der Waals surface area contributed by atoms with Crippen LogP contribution in [0.5, 0.6) is 0 Å². The van der Waals surface area contributed by atoms with E-state index < -0.39 is 0 Å². The third kappa shape index (κ3) is 3.26. The molecule has 1 saturated carbocycles. The summed E-state index contributed by atoms with van der Waals surface area (Å²) in [4.78, 5) is 0. The zero-order chi connectivity index (χ0) is 15.6. The molecule has 0 saturated heterocycles. The predicted octanol–water partition coefficient (Wildman–Crippen LogP) is 4.54. The molecule has 0 spiro atoms. The maximum atomic E-state index is 6.04. The van der Waals surface area contributed by atoms with Gasteiger partial charge in [0, 0.05) is 5.02 Å². The van der Waals surface area contributed by atoms with Crippen LogP contribution >= 0.6 is 23.4 Å². The summed E-state index contributed by atoms with van der Waals surface area (Å²) < 4.78 is 1.95. The second kappa shape index (κ2) is 6.34. The molecule has 0 aliphatic heterocycles. The summed E-state index contributed by atoms with van der Waals surface area (Å²) in [5.41, 5.74) is 2.42. The van der Waals surface area contributed by atoms with Gasteiger partial charge < -0.3 is 0 Å². The number of halogens is 1. The first kappa shape index (κ1) is 14.7. The van der Waals surface area contributed by atoms with Gasteiger partial charge in [-0.05, 0) is 46.5 Å². The minimum Gasteiger partial charge on any atom is -0.217 e. The van der Waals surface area contributed by atoms with Crippen molar-refractivity contribution in [2.75, 3.05) is 0 Å². The molecule has 116 valence electrons. The molecule has 23 heavy (non-hydrogen) atoms. The van der Waals surface area contributed by atoms with Crippen LogP contribution in [0.3, 0.4) is 0 Å². The first-order chi connectivity index (χ1) is 11.3. The van der Waals surface area contributed by atoms with Crippen LogP contribution in [-0.2, 0) is 0 Å². The number of aromatic nitrogens is 4. The lowest BCUT2D eigenvalue weighted by Gasteiger charge is -2.17. The zero-order valence-corrected chi connectivity index (χ0v) is 13.9. The van der Waals surface area contributed by atoms with Crippen LogP contribution in [0.4, 0.5) is 0 Å². The second-order valence-corrected chi connectivity index (χ2v) is 7.11. The second-order valence-electron chi connectivity index (χ2n) is 5.60. The molecule has 1 aliphatic carbocycles. The van der Waals surface area contributed by atoms with Gasteiger partial charge >= 0.3 is 0 Å².